The first-order valence-electron chi connectivity index (χ1n) is 9.87. The Hall–Kier alpha value is -3.73. The molecule has 3 rings (SSSR count). The van der Waals surface area contributed by atoms with Gasteiger partial charge in [0, 0.05) is 16.7 Å². The van der Waals surface area contributed by atoms with Crippen LogP contribution >= 0.6 is 0 Å². The van der Waals surface area contributed by atoms with E-state index in [1.54, 1.807) is 36.4 Å². The van der Waals surface area contributed by atoms with Gasteiger partial charge in [-0.15, -0.1) is 0 Å². The molecule has 5 heteroatoms. The number of hydrogen-bond acceptors (Lipinski definition) is 4. The zero-order valence-electron chi connectivity index (χ0n) is 16.8. The number of carbonyl (C=O) groups is 3. The molecule has 0 spiro atoms. The molecule has 3 aromatic rings. The first-order valence-corrected chi connectivity index (χ1v) is 9.87. The Labute approximate surface area is 175 Å². The molecule has 0 atom stereocenters. The highest BCUT2D eigenvalue weighted by molar-refractivity contribution is 6.49. The van der Waals surface area contributed by atoms with Gasteiger partial charge >= 0.3 is 0 Å². The number of hydrogen-bond donors (Lipinski definition) is 1. The highest BCUT2D eigenvalue weighted by Crippen LogP contribution is 2.24. The van der Waals surface area contributed by atoms with E-state index in [0.29, 0.717) is 29.2 Å². The van der Waals surface area contributed by atoms with Crippen molar-refractivity contribution >= 4 is 23.2 Å². The van der Waals surface area contributed by atoms with E-state index >= 15 is 0 Å². The van der Waals surface area contributed by atoms with Crippen LogP contribution in [0.15, 0.2) is 78.9 Å². The minimum absolute atomic E-state index is 0.240. The van der Waals surface area contributed by atoms with E-state index in [-0.39, 0.29) is 11.5 Å². The molecule has 1 amide bonds. The van der Waals surface area contributed by atoms with E-state index in [1.165, 1.54) is 24.3 Å². The molecule has 3 aromatic carbocycles. The largest absolute Gasteiger partial charge is 0.491 e. The van der Waals surface area contributed by atoms with E-state index in [1.807, 2.05) is 18.2 Å². The smallest absolute Gasteiger partial charge is 0.255 e. The van der Waals surface area contributed by atoms with Gasteiger partial charge in [0.15, 0.2) is 0 Å². The van der Waals surface area contributed by atoms with Crippen molar-refractivity contribution in [1.82, 2.24) is 0 Å². The van der Waals surface area contributed by atoms with Crippen LogP contribution in [0.3, 0.4) is 0 Å². The summed E-state index contributed by atoms with van der Waals surface area (Å²) < 4.78 is 5.74. The van der Waals surface area contributed by atoms with E-state index in [0.717, 1.165) is 12.8 Å². The zero-order chi connectivity index (χ0) is 21.3. The summed E-state index contributed by atoms with van der Waals surface area (Å²) in [4.78, 5) is 37.3. The third-order valence-corrected chi connectivity index (χ3v) is 4.54. The van der Waals surface area contributed by atoms with Gasteiger partial charge in [-0.25, -0.2) is 0 Å². The highest BCUT2D eigenvalue weighted by atomic mass is 16.5. The fraction of sp³-hybridized carbons (Fsp3) is 0.160. The van der Waals surface area contributed by atoms with Crippen molar-refractivity contribution in [3.63, 3.8) is 0 Å². The lowest BCUT2D eigenvalue weighted by molar-refractivity contribution is 0.0817. The second kappa shape index (κ2) is 10.2. The van der Waals surface area contributed by atoms with Crippen molar-refractivity contribution in [2.24, 2.45) is 0 Å². The average Bonchev–Trinajstić information content (AvgIpc) is 2.80. The Kier molecular flexibility index (Phi) is 7.11. The third kappa shape index (κ3) is 5.20. The van der Waals surface area contributed by atoms with Gasteiger partial charge in [0.2, 0.25) is 11.6 Å². The predicted octanol–water partition coefficient (Wildman–Crippen LogP) is 5.18. The third-order valence-electron chi connectivity index (χ3n) is 4.54. The van der Waals surface area contributed by atoms with Gasteiger partial charge < -0.3 is 10.1 Å². The number of unbranched alkanes of at least 4 members (excludes halogenated alkanes) is 1. The van der Waals surface area contributed by atoms with Gasteiger partial charge in [-0.05, 0) is 30.7 Å². The van der Waals surface area contributed by atoms with Gasteiger partial charge in [-0.3, -0.25) is 14.4 Å². The average molecular weight is 401 g/mol. The van der Waals surface area contributed by atoms with E-state index in [2.05, 4.69) is 12.2 Å². The maximum Gasteiger partial charge on any atom is 0.255 e. The van der Waals surface area contributed by atoms with Gasteiger partial charge in [0.05, 0.1) is 12.3 Å². The number of amides is 1. The van der Waals surface area contributed by atoms with Crippen molar-refractivity contribution < 1.29 is 19.1 Å². The second-order valence-corrected chi connectivity index (χ2v) is 6.75. The van der Waals surface area contributed by atoms with Crippen molar-refractivity contribution in [1.29, 1.82) is 0 Å². The van der Waals surface area contributed by atoms with Gasteiger partial charge in [0.1, 0.15) is 5.75 Å². The summed E-state index contributed by atoms with van der Waals surface area (Å²) >= 11 is 0. The molecule has 0 radical (unpaired) electrons. The standard InChI is InChI=1S/C25H23NO4/c1-2-3-17-30-22-12-8-7-11-21(22)26-25(29)20-15-13-19(14-16-20)24(28)23(27)18-9-5-4-6-10-18/h4-16H,2-3,17H2,1H3,(H,26,29). The van der Waals surface area contributed by atoms with Crippen LogP contribution in [-0.4, -0.2) is 24.1 Å². The minimum atomic E-state index is -0.608. The molecule has 0 saturated carbocycles. The van der Waals surface area contributed by atoms with Crippen LogP contribution in [0.5, 0.6) is 5.75 Å². The molecule has 152 valence electrons. The van der Waals surface area contributed by atoms with Crippen LogP contribution in [0.4, 0.5) is 5.69 Å². The molecular formula is C25H23NO4. The number of anilines is 1. The number of ether oxygens (including phenoxy) is 1. The Morgan fingerprint density at radius 3 is 1.97 bits per heavy atom. The Balaban J connectivity index is 1.69. The number of rotatable bonds is 9. The summed E-state index contributed by atoms with van der Waals surface area (Å²) in [5.74, 6) is -0.900. The predicted molar refractivity (Wildman–Crippen MR) is 116 cm³/mol. The maximum absolute atomic E-state index is 12.6. The summed E-state index contributed by atoms with van der Waals surface area (Å²) in [6.45, 7) is 2.66. The summed E-state index contributed by atoms with van der Waals surface area (Å²) in [6, 6.07) is 21.7. The van der Waals surface area contributed by atoms with Crippen molar-refractivity contribution in [3.05, 3.63) is 95.6 Å². The van der Waals surface area contributed by atoms with Gasteiger partial charge in [-0.2, -0.15) is 0 Å². The SMILES string of the molecule is CCCCOc1ccccc1NC(=O)c1ccc(C(=O)C(=O)c2ccccc2)cc1. The summed E-state index contributed by atoms with van der Waals surface area (Å²) in [6.07, 6.45) is 1.95. The zero-order valence-corrected chi connectivity index (χ0v) is 16.8. The Morgan fingerprint density at radius 1 is 0.733 bits per heavy atom. The molecule has 0 heterocycles. The van der Waals surface area contributed by atoms with Crippen LogP contribution in [0.1, 0.15) is 50.8 Å². The molecule has 0 bridgehead atoms. The molecule has 1 N–H and O–H groups in total. The molecule has 0 aliphatic carbocycles. The second-order valence-electron chi connectivity index (χ2n) is 6.75. The number of nitrogens with one attached hydrogen (secondary N) is 1. The van der Waals surface area contributed by atoms with Crippen LogP contribution in [0.2, 0.25) is 0 Å². The quantitative estimate of drug-likeness (QED) is 0.304. The number of ketones is 2. The lowest BCUT2D eigenvalue weighted by atomic mass is 10.0. The number of Topliss-reactive ketones (excluding diaryl/α,β-unsaturated/α-hetero) is 2. The maximum atomic E-state index is 12.6. The van der Waals surface area contributed by atoms with E-state index in [9.17, 15) is 14.4 Å². The fourth-order valence-corrected chi connectivity index (χ4v) is 2.84. The van der Waals surface area contributed by atoms with Crippen molar-refractivity contribution in [3.8, 4) is 5.75 Å². The number of para-hydroxylation sites is 2. The lowest BCUT2D eigenvalue weighted by Crippen LogP contribution is -2.16. The molecule has 5 nitrogen and oxygen atoms in total. The highest BCUT2D eigenvalue weighted by Gasteiger charge is 2.18. The van der Waals surface area contributed by atoms with Crippen molar-refractivity contribution in [2.45, 2.75) is 19.8 Å². The van der Waals surface area contributed by atoms with E-state index in [4.69, 9.17) is 4.74 Å². The molecule has 0 fully saturated rings. The van der Waals surface area contributed by atoms with Crippen LogP contribution < -0.4 is 10.1 Å². The Morgan fingerprint density at radius 2 is 1.30 bits per heavy atom. The van der Waals surface area contributed by atoms with Crippen LogP contribution in [0, 0.1) is 0 Å². The summed E-state index contributed by atoms with van der Waals surface area (Å²) in [7, 11) is 0. The molecule has 0 aliphatic heterocycles. The fourth-order valence-electron chi connectivity index (χ4n) is 2.84. The molecule has 0 saturated heterocycles. The lowest BCUT2D eigenvalue weighted by Gasteiger charge is -2.12. The number of carbonyl (C=O) groups excluding carboxylic acids is 3. The Bertz CT molecular complexity index is 1030. The molecular weight excluding hydrogens is 378 g/mol. The molecule has 30 heavy (non-hydrogen) atoms. The monoisotopic (exact) mass is 401 g/mol. The molecule has 0 unspecified atom stereocenters. The molecule has 0 aliphatic rings. The first-order chi connectivity index (χ1) is 14.6. The van der Waals surface area contributed by atoms with E-state index < -0.39 is 11.6 Å². The minimum Gasteiger partial charge on any atom is -0.491 e. The normalized spacial score (nSPS) is 10.3. The van der Waals surface area contributed by atoms with Gasteiger partial charge in [-0.1, -0.05) is 67.9 Å². The van der Waals surface area contributed by atoms with Crippen LogP contribution in [-0.2, 0) is 0 Å². The topological polar surface area (TPSA) is 72.5 Å². The van der Waals surface area contributed by atoms with Gasteiger partial charge in [0.25, 0.3) is 5.91 Å². The molecule has 0 aromatic heterocycles. The van der Waals surface area contributed by atoms with Crippen LogP contribution in [0.25, 0.3) is 0 Å². The first kappa shape index (κ1) is 21.0. The summed E-state index contributed by atoms with van der Waals surface area (Å²) in [5.41, 5.74) is 1.53. The number of benzene rings is 3. The van der Waals surface area contributed by atoms with Crippen molar-refractivity contribution in [2.75, 3.05) is 11.9 Å². The summed E-state index contributed by atoms with van der Waals surface area (Å²) in [5, 5.41) is 2.84.